The van der Waals surface area contributed by atoms with Crippen LogP contribution < -0.4 is 0 Å². The molecular weight excluding hydrogens is 220 g/mol. The molecule has 0 aliphatic heterocycles. The van der Waals surface area contributed by atoms with Gasteiger partial charge in [-0.2, -0.15) is 17.7 Å². The van der Waals surface area contributed by atoms with Crippen LogP contribution in [0.1, 0.15) is 12.8 Å². The topological polar surface area (TPSA) is 52.0 Å². The third-order valence-corrected chi connectivity index (χ3v) is 3.22. The van der Waals surface area contributed by atoms with Crippen molar-refractivity contribution in [2.75, 3.05) is 12.0 Å². The summed E-state index contributed by atoms with van der Waals surface area (Å²) >= 11 is 4.09. The van der Waals surface area contributed by atoms with E-state index >= 15 is 0 Å². The number of unbranched alkanes of at least 4 members (excludes halogenated alkanes) is 1. The Morgan fingerprint density at radius 3 is 2.71 bits per heavy atom. The van der Waals surface area contributed by atoms with E-state index in [1.165, 1.54) is 12.5 Å². The second-order valence-corrected chi connectivity index (χ2v) is 5.60. The molecular formula is C8H14N2O2S2. The highest BCUT2D eigenvalue weighted by Gasteiger charge is 2.09. The van der Waals surface area contributed by atoms with Crippen molar-refractivity contribution in [3.63, 3.8) is 0 Å². The van der Waals surface area contributed by atoms with E-state index in [1.54, 1.807) is 10.9 Å². The Bertz CT molecular complexity index is 384. The molecule has 0 saturated heterocycles. The lowest BCUT2D eigenvalue weighted by Crippen LogP contribution is -1.99. The van der Waals surface area contributed by atoms with Crippen LogP contribution in [0.15, 0.2) is 17.3 Å². The molecule has 80 valence electrons. The highest BCUT2D eigenvalue weighted by Crippen LogP contribution is 2.07. The summed E-state index contributed by atoms with van der Waals surface area (Å²) in [6, 6.07) is 0. The molecule has 1 aromatic rings. The van der Waals surface area contributed by atoms with Crippen molar-refractivity contribution >= 4 is 22.5 Å². The maximum atomic E-state index is 11.1. The summed E-state index contributed by atoms with van der Waals surface area (Å²) in [5, 5.41) is 3.97. The summed E-state index contributed by atoms with van der Waals surface area (Å²) in [7, 11) is -3.11. The molecule has 0 amide bonds. The van der Waals surface area contributed by atoms with E-state index in [0.29, 0.717) is 0 Å². The molecule has 4 nitrogen and oxygen atoms in total. The van der Waals surface area contributed by atoms with Crippen LogP contribution in [-0.2, 0) is 16.4 Å². The third-order valence-electron chi connectivity index (χ3n) is 1.83. The smallest absolute Gasteiger partial charge is 0.178 e. The van der Waals surface area contributed by atoms with Crippen molar-refractivity contribution < 1.29 is 8.42 Å². The van der Waals surface area contributed by atoms with E-state index < -0.39 is 9.84 Å². The molecule has 0 fully saturated rings. The van der Waals surface area contributed by atoms with E-state index in [2.05, 4.69) is 17.7 Å². The summed E-state index contributed by atoms with van der Waals surface area (Å²) < 4.78 is 23.9. The first-order chi connectivity index (χ1) is 6.54. The lowest BCUT2D eigenvalue weighted by Gasteiger charge is -1.98. The minimum atomic E-state index is -3.11. The fourth-order valence-corrected chi connectivity index (χ4v) is 1.82. The van der Waals surface area contributed by atoms with Gasteiger partial charge in [-0.25, -0.2) is 8.42 Å². The van der Waals surface area contributed by atoms with Crippen molar-refractivity contribution in [2.45, 2.75) is 24.3 Å². The minimum absolute atomic E-state index is 0.281. The average Bonchev–Trinajstić information content (AvgIpc) is 2.52. The molecule has 0 radical (unpaired) electrons. The highest BCUT2D eigenvalue weighted by molar-refractivity contribution is 7.90. The number of nitrogens with zero attached hydrogens (tertiary/aromatic N) is 2. The van der Waals surface area contributed by atoms with Gasteiger partial charge in [-0.1, -0.05) is 0 Å². The van der Waals surface area contributed by atoms with Crippen LogP contribution in [0.2, 0.25) is 0 Å². The van der Waals surface area contributed by atoms with E-state index in [4.69, 9.17) is 0 Å². The molecule has 0 aromatic carbocycles. The Morgan fingerprint density at radius 1 is 1.50 bits per heavy atom. The molecule has 0 spiro atoms. The number of aryl methyl sites for hydroxylation is 1. The van der Waals surface area contributed by atoms with Crippen LogP contribution in [0, 0.1) is 0 Å². The van der Waals surface area contributed by atoms with Crippen molar-refractivity contribution in [1.82, 2.24) is 9.78 Å². The van der Waals surface area contributed by atoms with Crippen LogP contribution in [0.3, 0.4) is 0 Å². The molecule has 6 heteroatoms. The third kappa shape index (κ3) is 3.34. The van der Waals surface area contributed by atoms with Crippen LogP contribution in [0.5, 0.6) is 0 Å². The largest absolute Gasteiger partial charge is 0.271 e. The number of thiol groups is 1. The van der Waals surface area contributed by atoms with Crippen molar-refractivity contribution in [3.05, 3.63) is 12.4 Å². The van der Waals surface area contributed by atoms with Gasteiger partial charge in [0.15, 0.2) is 9.84 Å². The predicted molar refractivity (Wildman–Crippen MR) is 58.4 cm³/mol. The quantitative estimate of drug-likeness (QED) is 0.611. The molecule has 1 rings (SSSR count). The van der Waals surface area contributed by atoms with Crippen LogP contribution in [0.4, 0.5) is 0 Å². The molecule has 0 N–H and O–H groups in total. The van der Waals surface area contributed by atoms with Gasteiger partial charge in [0.2, 0.25) is 0 Å². The monoisotopic (exact) mass is 234 g/mol. The minimum Gasteiger partial charge on any atom is -0.271 e. The van der Waals surface area contributed by atoms with E-state index in [-0.39, 0.29) is 4.90 Å². The second kappa shape index (κ2) is 4.84. The Hall–Kier alpha value is -0.490. The first-order valence-corrected chi connectivity index (χ1v) is 6.90. The Balaban J connectivity index is 2.60. The van der Waals surface area contributed by atoms with Crippen LogP contribution in [0.25, 0.3) is 0 Å². The molecule has 0 aliphatic carbocycles. The van der Waals surface area contributed by atoms with Gasteiger partial charge >= 0.3 is 0 Å². The Morgan fingerprint density at radius 2 is 2.21 bits per heavy atom. The highest BCUT2D eigenvalue weighted by atomic mass is 32.2. The SMILES string of the molecule is CS(=O)(=O)c1cnn(CCCCS)c1. The lowest BCUT2D eigenvalue weighted by atomic mass is 10.3. The first-order valence-electron chi connectivity index (χ1n) is 4.37. The summed E-state index contributed by atoms with van der Waals surface area (Å²) in [5.74, 6) is 0.847. The van der Waals surface area contributed by atoms with Gasteiger partial charge in [-0.15, -0.1) is 0 Å². The number of hydrogen-bond acceptors (Lipinski definition) is 4. The Kier molecular flexibility index (Phi) is 4.00. The number of sulfone groups is 1. The fourth-order valence-electron chi connectivity index (χ4n) is 1.04. The zero-order valence-corrected chi connectivity index (χ0v) is 9.76. The molecule has 1 heterocycles. The van der Waals surface area contributed by atoms with Gasteiger partial charge in [0, 0.05) is 19.0 Å². The second-order valence-electron chi connectivity index (χ2n) is 3.14. The molecule has 1 aromatic heterocycles. The summed E-state index contributed by atoms with van der Waals surface area (Å²) in [6.45, 7) is 0.746. The number of hydrogen-bond donors (Lipinski definition) is 1. The van der Waals surface area contributed by atoms with Crippen molar-refractivity contribution in [1.29, 1.82) is 0 Å². The molecule has 0 bridgehead atoms. The van der Waals surface area contributed by atoms with Gasteiger partial charge in [0.1, 0.15) is 4.90 Å². The standard InChI is InChI=1S/C8H14N2O2S2/c1-14(11,12)8-6-9-10(7-8)4-2-3-5-13/h6-7,13H,2-5H2,1H3. The van der Waals surface area contributed by atoms with Crippen LogP contribution >= 0.6 is 12.6 Å². The normalized spacial score (nSPS) is 11.9. The molecule has 0 atom stereocenters. The fraction of sp³-hybridized carbons (Fsp3) is 0.625. The number of aromatic nitrogens is 2. The van der Waals surface area contributed by atoms with Gasteiger partial charge in [0.05, 0.1) is 6.20 Å². The maximum Gasteiger partial charge on any atom is 0.178 e. The van der Waals surface area contributed by atoms with E-state index in [1.807, 2.05) is 0 Å². The van der Waals surface area contributed by atoms with Gasteiger partial charge in [0.25, 0.3) is 0 Å². The van der Waals surface area contributed by atoms with Crippen molar-refractivity contribution in [2.24, 2.45) is 0 Å². The van der Waals surface area contributed by atoms with Gasteiger partial charge in [-0.05, 0) is 18.6 Å². The number of rotatable bonds is 5. The zero-order valence-electron chi connectivity index (χ0n) is 8.05. The van der Waals surface area contributed by atoms with E-state index in [9.17, 15) is 8.42 Å². The van der Waals surface area contributed by atoms with Gasteiger partial charge in [-0.3, -0.25) is 4.68 Å². The van der Waals surface area contributed by atoms with Crippen LogP contribution in [-0.4, -0.2) is 30.2 Å². The first kappa shape index (κ1) is 11.6. The Labute approximate surface area is 89.6 Å². The molecule has 0 unspecified atom stereocenters. The maximum absolute atomic E-state index is 11.1. The molecule has 0 aliphatic rings. The predicted octanol–water partition coefficient (Wildman–Crippen LogP) is 0.997. The summed E-state index contributed by atoms with van der Waals surface area (Å²) in [4.78, 5) is 0.281. The zero-order chi connectivity index (χ0) is 10.6. The van der Waals surface area contributed by atoms with E-state index in [0.717, 1.165) is 25.1 Å². The lowest BCUT2D eigenvalue weighted by molar-refractivity contribution is 0.572. The average molecular weight is 234 g/mol. The van der Waals surface area contributed by atoms with Gasteiger partial charge < -0.3 is 0 Å². The summed E-state index contributed by atoms with van der Waals surface area (Å²) in [5.41, 5.74) is 0. The molecule has 0 saturated carbocycles. The molecule has 14 heavy (non-hydrogen) atoms. The summed E-state index contributed by atoms with van der Waals surface area (Å²) in [6.07, 6.45) is 6.11. The van der Waals surface area contributed by atoms with Crippen molar-refractivity contribution in [3.8, 4) is 0 Å².